The van der Waals surface area contributed by atoms with E-state index in [-0.39, 0.29) is 12.8 Å². The van der Waals surface area contributed by atoms with E-state index in [1.165, 1.54) is 11.3 Å². The van der Waals surface area contributed by atoms with E-state index in [9.17, 15) is 0 Å². The van der Waals surface area contributed by atoms with E-state index >= 15 is 0 Å². The van der Waals surface area contributed by atoms with Crippen LogP contribution in [0.15, 0.2) is 64.2 Å². The highest BCUT2D eigenvalue weighted by Crippen LogP contribution is 2.34. The third kappa shape index (κ3) is 8.17. The van der Waals surface area contributed by atoms with Crippen LogP contribution >= 0.6 is 11.6 Å². The fraction of sp³-hybridized carbons (Fsp3) is 0.458. The van der Waals surface area contributed by atoms with Gasteiger partial charge in [-0.2, -0.15) is 0 Å². The van der Waals surface area contributed by atoms with Gasteiger partial charge in [-0.3, -0.25) is 4.99 Å². The molecular weight excluding hydrogens is 384 g/mol. The van der Waals surface area contributed by atoms with Crippen LogP contribution in [0, 0.1) is 0 Å². The molecule has 2 unspecified atom stereocenters. The minimum absolute atomic E-state index is 0.0701. The normalized spacial score (nSPS) is 20.2. The summed E-state index contributed by atoms with van der Waals surface area (Å²) in [6.07, 6.45) is 7.20. The van der Waals surface area contributed by atoms with Gasteiger partial charge in [-0.25, -0.2) is 0 Å². The topological polar surface area (TPSA) is 56.8 Å². The maximum absolute atomic E-state index is 6.10. The zero-order valence-electron chi connectivity index (χ0n) is 17.8. The van der Waals surface area contributed by atoms with Crippen LogP contribution in [-0.2, 0) is 4.74 Å². The largest absolute Gasteiger partial charge is 0.491 e. The second-order valence-electron chi connectivity index (χ2n) is 7.53. The van der Waals surface area contributed by atoms with E-state index in [1.54, 1.807) is 0 Å². The van der Waals surface area contributed by atoms with Crippen molar-refractivity contribution in [3.05, 3.63) is 64.7 Å². The summed E-state index contributed by atoms with van der Waals surface area (Å²) >= 11 is 6.10. The summed E-state index contributed by atoms with van der Waals surface area (Å²) in [6.45, 7) is 11.2. The molecule has 0 saturated heterocycles. The molecular formula is C24H33ClN2O2. The lowest BCUT2D eigenvalue weighted by Gasteiger charge is -2.12. The van der Waals surface area contributed by atoms with Gasteiger partial charge in [0.2, 0.25) is 0 Å². The molecule has 4 nitrogen and oxygen atoms in total. The lowest BCUT2D eigenvalue weighted by Crippen LogP contribution is -2.11. The summed E-state index contributed by atoms with van der Waals surface area (Å²) in [5, 5.41) is 0.755. The summed E-state index contributed by atoms with van der Waals surface area (Å²) in [6, 6.07) is 8.43. The number of ether oxygens (including phenoxy) is 2. The van der Waals surface area contributed by atoms with Crippen molar-refractivity contribution >= 4 is 17.3 Å². The van der Waals surface area contributed by atoms with Crippen molar-refractivity contribution in [3.63, 3.8) is 0 Å². The van der Waals surface area contributed by atoms with E-state index in [1.807, 2.05) is 32.1 Å². The summed E-state index contributed by atoms with van der Waals surface area (Å²) < 4.78 is 10.7. The molecule has 29 heavy (non-hydrogen) atoms. The van der Waals surface area contributed by atoms with Gasteiger partial charge in [0, 0.05) is 10.7 Å². The maximum atomic E-state index is 6.10. The highest BCUT2D eigenvalue weighted by atomic mass is 35.5. The molecule has 0 amide bonds. The number of nitrogens with two attached hydrogens (primary N) is 1. The molecule has 5 heteroatoms. The van der Waals surface area contributed by atoms with E-state index in [2.05, 4.69) is 31.7 Å². The number of aliphatic imine (C=N–C) groups is 1. The molecule has 1 aliphatic rings. The summed E-state index contributed by atoms with van der Waals surface area (Å²) in [4.78, 5) is 4.99. The van der Waals surface area contributed by atoms with E-state index < -0.39 is 0 Å². The minimum Gasteiger partial charge on any atom is -0.491 e. The average molecular weight is 417 g/mol. The van der Waals surface area contributed by atoms with Crippen molar-refractivity contribution < 1.29 is 9.47 Å². The van der Waals surface area contributed by atoms with Gasteiger partial charge in [-0.1, -0.05) is 42.0 Å². The van der Waals surface area contributed by atoms with Crippen LogP contribution in [0.5, 0.6) is 5.75 Å². The number of halogens is 1. The van der Waals surface area contributed by atoms with Crippen LogP contribution in [0.1, 0.15) is 51.5 Å². The van der Waals surface area contributed by atoms with Crippen LogP contribution < -0.4 is 10.5 Å². The van der Waals surface area contributed by atoms with Crippen LogP contribution in [0.4, 0.5) is 0 Å². The molecule has 1 aromatic rings. The Morgan fingerprint density at radius 2 is 2.00 bits per heavy atom. The van der Waals surface area contributed by atoms with Gasteiger partial charge in [0.05, 0.1) is 19.4 Å². The predicted molar refractivity (Wildman–Crippen MR) is 123 cm³/mol. The molecule has 0 bridgehead atoms. The quantitative estimate of drug-likeness (QED) is 0.300. The van der Waals surface area contributed by atoms with Gasteiger partial charge in [0.25, 0.3) is 0 Å². The van der Waals surface area contributed by atoms with Crippen molar-refractivity contribution in [3.8, 4) is 5.75 Å². The van der Waals surface area contributed by atoms with Crippen LogP contribution in [0.25, 0.3) is 0 Å². The SMILES string of the molecule is C=C(C)C=C(C=C(C)Cl)C(C)N=C1CCC(c2ccc(OCCOCN)cc2)C1. The highest BCUT2D eigenvalue weighted by Gasteiger charge is 2.23. The fourth-order valence-corrected chi connectivity index (χ4v) is 3.64. The molecule has 158 valence electrons. The summed E-state index contributed by atoms with van der Waals surface area (Å²) in [5.74, 6) is 1.36. The lowest BCUT2D eigenvalue weighted by molar-refractivity contribution is 0.105. The number of benzene rings is 1. The molecule has 2 N–H and O–H groups in total. The number of nitrogens with zero attached hydrogens (tertiary/aromatic N) is 1. The third-order valence-corrected chi connectivity index (χ3v) is 4.98. The Kier molecular flexibility index (Phi) is 9.65. The smallest absolute Gasteiger partial charge is 0.119 e. The molecule has 1 fully saturated rings. The first kappa shape index (κ1) is 23.4. The van der Waals surface area contributed by atoms with Crippen molar-refractivity contribution in [1.82, 2.24) is 0 Å². The summed E-state index contributed by atoms with van der Waals surface area (Å²) in [5.41, 5.74) is 10.0. The minimum atomic E-state index is 0.0701. The van der Waals surface area contributed by atoms with Gasteiger partial charge in [0.1, 0.15) is 12.4 Å². The van der Waals surface area contributed by atoms with Gasteiger partial charge in [-0.05, 0) is 75.3 Å². The van der Waals surface area contributed by atoms with E-state index in [4.69, 9.17) is 31.8 Å². The van der Waals surface area contributed by atoms with E-state index in [0.717, 1.165) is 41.2 Å². The third-order valence-electron chi connectivity index (χ3n) is 4.87. The molecule has 0 heterocycles. The van der Waals surface area contributed by atoms with Gasteiger partial charge >= 0.3 is 0 Å². The summed E-state index contributed by atoms with van der Waals surface area (Å²) in [7, 11) is 0. The average Bonchev–Trinajstić information content (AvgIpc) is 3.13. The lowest BCUT2D eigenvalue weighted by atomic mass is 9.97. The van der Waals surface area contributed by atoms with Gasteiger partial charge in [0.15, 0.2) is 0 Å². The highest BCUT2D eigenvalue weighted by molar-refractivity contribution is 6.29. The standard InChI is InChI=1S/C24H33ClN2O2/c1-17(2)13-22(14-18(3)25)19(4)27-23-8-5-21(15-23)20-6-9-24(10-7-20)29-12-11-28-16-26/h6-7,9-10,13-14,19,21H,1,5,8,11-12,15-16,26H2,2-4H3. The Labute approximate surface area is 180 Å². The molecule has 1 saturated carbocycles. The zero-order valence-corrected chi connectivity index (χ0v) is 18.5. The van der Waals surface area contributed by atoms with Crippen molar-refractivity contribution in [1.29, 1.82) is 0 Å². The van der Waals surface area contributed by atoms with Gasteiger partial charge in [-0.15, -0.1) is 0 Å². The number of allylic oxidation sites excluding steroid dienone is 3. The Morgan fingerprint density at radius 3 is 2.62 bits per heavy atom. The first-order chi connectivity index (χ1) is 13.9. The Hall–Kier alpha value is -1.88. The molecule has 2 rings (SSSR count). The van der Waals surface area contributed by atoms with Crippen LogP contribution in [0.3, 0.4) is 0 Å². The zero-order chi connectivity index (χ0) is 21.2. The van der Waals surface area contributed by atoms with Gasteiger partial charge < -0.3 is 15.2 Å². The second kappa shape index (κ2) is 12.0. The molecule has 0 aliphatic heterocycles. The monoisotopic (exact) mass is 416 g/mol. The Balaban J connectivity index is 1.98. The maximum Gasteiger partial charge on any atom is 0.119 e. The number of hydrogen-bond donors (Lipinski definition) is 1. The molecule has 0 aromatic heterocycles. The van der Waals surface area contributed by atoms with E-state index in [0.29, 0.717) is 19.1 Å². The second-order valence-corrected chi connectivity index (χ2v) is 8.12. The van der Waals surface area contributed by atoms with Crippen LogP contribution in [0.2, 0.25) is 0 Å². The molecule has 2 atom stereocenters. The fourth-order valence-electron chi connectivity index (χ4n) is 3.51. The number of hydrogen-bond acceptors (Lipinski definition) is 4. The Bertz CT molecular complexity index is 762. The van der Waals surface area contributed by atoms with Crippen molar-refractivity contribution in [2.75, 3.05) is 19.9 Å². The van der Waals surface area contributed by atoms with Crippen LogP contribution in [-0.4, -0.2) is 31.7 Å². The molecule has 1 aromatic carbocycles. The Morgan fingerprint density at radius 1 is 1.28 bits per heavy atom. The first-order valence-electron chi connectivity index (χ1n) is 10.2. The number of rotatable bonds is 10. The molecule has 1 aliphatic carbocycles. The van der Waals surface area contributed by atoms with Crippen molar-refractivity contribution in [2.24, 2.45) is 10.7 Å². The predicted octanol–water partition coefficient (Wildman–Crippen LogP) is 5.74. The first-order valence-corrected chi connectivity index (χ1v) is 10.5. The molecule has 0 radical (unpaired) electrons. The van der Waals surface area contributed by atoms with Crippen molar-refractivity contribution in [2.45, 2.75) is 52.0 Å². The molecule has 0 spiro atoms.